The Morgan fingerprint density at radius 2 is 2.00 bits per heavy atom. The van der Waals surface area contributed by atoms with Gasteiger partial charge in [-0.05, 0) is 0 Å². The lowest BCUT2D eigenvalue weighted by atomic mass is 10.3. The molecule has 7 heteroatoms. The first kappa shape index (κ1) is 15.8. The molecule has 0 aromatic rings. The normalized spacial score (nSPS) is 17.8. The number of aliphatic hydroxyl groups is 1. The van der Waals surface area contributed by atoms with Crippen molar-refractivity contribution in [1.82, 2.24) is 0 Å². The standard InChI is InChI=1S/C9H20NO5P/c1-5-6-14-16(12,13)15-8-9(11)7-10(2,3)4/h5,9,11H,1,6-8H2,2-4H3/p+1. The fourth-order valence-corrected chi connectivity index (χ4v) is 1.78. The highest BCUT2D eigenvalue weighted by molar-refractivity contribution is 7.47. The Kier molecular flexibility index (Phi) is 6.40. The van der Waals surface area contributed by atoms with Crippen molar-refractivity contribution in [2.24, 2.45) is 0 Å². The number of rotatable bonds is 8. The van der Waals surface area contributed by atoms with Gasteiger partial charge in [0, 0.05) is 0 Å². The van der Waals surface area contributed by atoms with Gasteiger partial charge in [-0.3, -0.25) is 9.05 Å². The third kappa shape index (κ3) is 9.03. The minimum Gasteiger partial charge on any atom is -0.385 e. The lowest BCUT2D eigenvalue weighted by Gasteiger charge is -2.26. The number of likely N-dealkylation sites (N-methyl/N-ethyl adjacent to an activating group) is 1. The fraction of sp³-hybridized carbons (Fsp3) is 0.778. The van der Waals surface area contributed by atoms with Crippen LogP contribution in [0.1, 0.15) is 0 Å². The summed E-state index contributed by atoms with van der Waals surface area (Å²) in [5.41, 5.74) is 0. The van der Waals surface area contributed by atoms with Crippen molar-refractivity contribution in [3.05, 3.63) is 12.7 Å². The van der Waals surface area contributed by atoms with Crippen molar-refractivity contribution in [2.45, 2.75) is 6.10 Å². The minimum atomic E-state index is -4.07. The molecule has 16 heavy (non-hydrogen) atoms. The summed E-state index contributed by atoms with van der Waals surface area (Å²) in [6.07, 6.45) is 0.530. The Morgan fingerprint density at radius 3 is 2.44 bits per heavy atom. The molecule has 96 valence electrons. The average Bonchev–Trinajstić information content (AvgIpc) is 2.09. The Bertz CT molecular complexity index is 263. The Labute approximate surface area is 96.3 Å². The van der Waals surface area contributed by atoms with Crippen LogP contribution in [0.15, 0.2) is 12.7 Å². The molecule has 0 fully saturated rings. The van der Waals surface area contributed by atoms with E-state index in [9.17, 15) is 9.67 Å². The zero-order valence-corrected chi connectivity index (χ0v) is 10.9. The molecule has 0 rings (SSSR count). The molecule has 0 aromatic heterocycles. The van der Waals surface area contributed by atoms with Gasteiger partial charge in [0.25, 0.3) is 0 Å². The van der Waals surface area contributed by atoms with E-state index in [0.29, 0.717) is 11.0 Å². The van der Waals surface area contributed by atoms with Crippen LogP contribution in [0.5, 0.6) is 0 Å². The van der Waals surface area contributed by atoms with Crippen LogP contribution in [0.3, 0.4) is 0 Å². The second-order valence-corrected chi connectivity index (χ2v) is 5.93. The van der Waals surface area contributed by atoms with Gasteiger partial charge in [0.2, 0.25) is 0 Å². The predicted molar refractivity (Wildman–Crippen MR) is 60.8 cm³/mol. The number of nitrogens with zero attached hydrogens (tertiary/aromatic N) is 1. The van der Waals surface area contributed by atoms with E-state index in [1.54, 1.807) is 0 Å². The van der Waals surface area contributed by atoms with E-state index in [1.165, 1.54) is 6.08 Å². The molecule has 2 atom stereocenters. The zero-order valence-electron chi connectivity index (χ0n) is 10.00. The summed E-state index contributed by atoms with van der Waals surface area (Å²) in [6.45, 7) is 3.45. The van der Waals surface area contributed by atoms with E-state index in [-0.39, 0.29) is 13.2 Å². The quantitative estimate of drug-likeness (QED) is 0.372. The van der Waals surface area contributed by atoms with Crippen LogP contribution < -0.4 is 0 Å². The van der Waals surface area contributed by atoms with Crippen LogP contribution in [0.25, 0.3) is 0 Å². The van der Waals surface area contributed by atoms with Gasteiger partial charge >= 0.3 is 7.82 Å². The highest BCUT2D eigenvalue weighted by Crippen LogP contribution is 2.43. The summed E-state index contributed by atoms with van der Waals surface area (Å²) in [7, 11) is 1.63. The minimum absolute atomic E-state index is 0.0702. The number of quaternary nitrogens is 1. The molecule has 0 aliphatic carbocycles. The largest absolute Gasteiger partial charge is 0.472 e. The van der Waals surface area contributed by atoms with Gasteiger partial charge in [-0.15, -0.1) is 6.58 Å². The number of aliphatic hydroxyl groups excluding tert-OH is 1. The molecule has 0 radical (unpaired) electrons. The molecule has 0 spiro atoms. The summed E-state index contributed by atoms with van der Waals surface area (Å²) in [5.74, 6) is 0. The summed E-state index contributed by atoms with van der Waals surface area (Å²) < 4.78 is 20.9. The van der Waals surface area contributed by atoms with Gasteiger partial charge in [-0.25, -0.2) is 4.57 Å². The van der Waals surface area contributed by atoms with Gasteiger partial charge < -0.3 is 14.5 Å². The second-order valence-electron chi connectivity index (χ2n) is 4.48. The molecule has 2 N–H and O–H groups in total. The van der Waals surface area contributed by atoms with Crippen LogP contribution >= 0.6 is 7.82 Å². The summed E-state index contributed by atoms with van der Waals surface area (Å²) >= 11 is 0. The monoisotopic (exact) mass is 254 g/mol. The summed E-state index contributed by atoms with van der Waals surface area (Å²) in [6, 6.07) is 0. The number of phosphoric ester groups is 1. The molecule has 0 amide bonds. The third-order valence-electron chi connectivity index (χ3n) is 1.54. The molecule has 6 nitrogen and oxygen atoms in total. The molecule has 0 heterocycles. The first-order valence-corrected chi connectivity index (χ1v) is 6.37. The first-order chi connectivity index (χ1) is 7.16. The van der Waals surface area contributed by atoms with E-state index in [2.05, 4.69) is 15.6 Å². The second kappa shape index (κ2) is 6.49. The number of phosphoric acid groups is 1. The molecule has 0 aliphatic heterocycles. The fourth-order valence-electron chi connectivity index (χ4n) is 1.05. The molecule has 0 aromatic carbocycles. The maximum Gasteiger partial charge on any atom is 0.472 e. The Morgan fingerprint density at radius 1 is 1.44 bits per heavy atom. The van der Waals surface area contributed by atoms with Crippen molar-refractivity contribution < 1.29 is 28.1 Å². The van der Waals surface area contributed by atoms with Gasteiger partial charge in [-0.1, -0.05) is 6.08 Å². The molecule has 0 bridgehead atoms. The van der Waals surface area contributed by atoms with Crippen molar-refractivity contribution in [3.8, 4) is 0 Å². The zero-order chi connectivity index (χ0) is 12.8. The molecule has 0 saturated carbocycles. The van der Waals surface area contributed by atoms with Crippen LogP contribution in [0.4, 0.5) is 0 Å². The van der Waals surface area contributed by atoms with Gasteiger partial charge in [-0.2, -0.15) is 0 Å². The SMILES string of the molecule is C=CCOP(=O)(O)OCC(O)C[N+](C)(C)C. The number of hydrogen-bond acceptors (Lipinski definition) is 4. The smallest absolute Gasteiger partial charge is 0.385 e. The van der Waals surface area contributed by atoms with Crippen LogP contribution in [0, 0.1) is 0 Å². The van der Waals surface area contributed by atoms with Crippen molar-refractivity contribution >= 4 is 7.82 Å². The Balaban J connectivity index is 3.95. The molecule has 0 saturated heterocycles. The van der Waals surface area contributed by atoms with Crippen molar-refractivity contribution in [1.29, 1.82) is 0 Å². The topological polar surface area (TPSA) is 76.0 Å². The van der Waals surface area contributed by atoms with Crippen molar-refractivity contribution in [2.75, 3.05) is 40.9 Å². The van der Waals surface area contributed by atoms with Gasteiger partial charge in [0.15, 0.2) is 0 Å². The van der Waals surface area contributed by atoms with E-state index in [4.69, 9.17) is 4.89 Å². The van der Waals surface area contributed by atoms with E-state index >= 15 is 0 Å². The Hall–Kier alpha value is -0.230. The highest BCUT2D eigenvalue weighted by atomic mass is 31.2. The summed E-state index contributed by atoms with van der Waals surface area (Å²) in [5, 5.41) is 9.52. The van der Waals surface area contributed by atoms with Crippen LogP contribution in [-0.2, 0) is 13.6 Å². The predicted octanol–water partition coefficient (Wildman–Crippen LogP) is 0.373. The van der Waals surface area contributed by atoms with E-state index in [1.807, 2.05) is 21.1 Å². The molecule has 2 unspecified atom stereocenters. The maximum absolute atomic E-state index is 11.2. The molecular weight excluding hydrogens is 233 g/mol. The third-order valence-corrected chi connectivity index (χ3v) is 2.49. The lowest BCUT2D eigenvalue weighted by molar-refractivity contribution is -0.873. The number of hydrogen-bond donors (Lipinski definition) is 2. The lowest BCUT2D eigenvalue weighted by Crippen LogP contribution is -2.42. The van der Waals surface area contributed by atoms with Gasteiger partial charge in [0.05, 0.1) is 34.4 Å². The molecular formula is C9H21NO5P+. The first-order valence-electron chi connectivity index (χ1n) is 4.87. The summed E-state index contributed by atoms with van der Waals surface area (Å²) in [4.78, 5) is 9.14. The average molecular weight is 254 g/mol. The van der Waals surface area contributed by atoms with Crippen molar-refractivity contribution in [3.63, 3.8) is 0 Å². The molecule has 0 aliphatic rings. The van der Waals surface area contributed by atoms with E-state index in [0.717, 1.165) is 0 Å². The highest BCUT2D eigenvalue weighted by Gasteiger charge is 2.24. The van der Waals surface area contributed by atoms with Crippen LogP contribution in [-0.4, -0.2) is 61.5 Å². The van der Waals surface area contributed by atoms with Gasteiger partial charge in [0.1, 0.15) is 12.6 Å². The van der Waals surface area contributed by atoms with Crippen LogP contribution in [0.2, 0.25) is 0 Å². The maximum atomic E-state index is 11.2. The van der Waals surface area contributed by atoms with E-state index < -0.39 is 13.9 Å².